The summed E-state index contributed by atoms with van der Waals surface area (Å²) in [5.41, 5.74) is 0.409. The van der Waals surface area contributed by atoms with E-state index < -0.39 is 24.6 Å². The molecule has 26 heavy (non-hydrogen) atoms. The number of hydrogen-bond acceptors (Lipinski definition) is 5. The molecule has 6 nitrogen and oxygen atoms in total. The van der Waals surface area contributed by atoms with Crippen LogP contribution >= 0.6 is 0 Å². The summed E-state index contributed by atoms with van der Waals surface area (Å²) in [6.45, 7) is -1.71. The third-order valence-electron chi connectivity index (χ3n) is 3.24. The number of nitrogens with zero attached hydrogens (tertiary/aromatic N) is 1. The van der Waals surface area contributed by atoms with Crippen molar-refractivity contribution in [2.45, 2.75) is 19.6 Å². The van der Waals surface area contributed by atoms with Crippen molar-refractivity contribution < 1.29 is 27.8 Å². The van der Waals surface area contributed by atoms with Gasteiger partial charge in [0.15, 0.2) is 6.10 Å². The summed E-state index contributed by atoms with van der Waals surface area (Å²) >= 11 is 0. The molecule has 0 unspecified atom stereocenters. The molecular formula is C18H14F2N2O4. The smallest absolute Gasteiger partial charge is 0.387 e. The second-order valence-electron chi connectivity index (χ2n) is 5.10. The minimum absolute atomic E-state index is 0.0205. The largest absolute Gasteiger partial charge is 0.449 e. The minimum atomic E-state index is -3.05. The second kappa shape index (κ2) is 8.58. The van der Waals surface area contributed by atoms with Crippen LogP contribution in [0, 0.1) is 11.3 Å². The van der Waals surface area contributed by atoms with Crippen molar-refractivity contribution in [1.29, 1.82) is 5.26 Å². The molecule has 1 amide bonds. The maximum Gasteiger partial charge on any atom is 0.387 e. The number of rotatable bonds is 6. The standard InChI is InChI=1S/C18H14F2N2O4/c1-11(25-17(24)13-6-4-5-12(9-13)10-21)16(23)22-14-7-2-3-8-15(14)26-18(19)20/h2-9,11,18H,1H3,(H,22,23)/t11-/m0/s1. The number of hydrogen-bond donors (Lipinski definition) is 1. The van der Waals surface area contributed by atoms with E-state index in [1.165, 1.54) is 55.5 Å². The molecule has 0 aliphatic carbocycles. The molecule has 0 fully saturated rings. The Labute approximate surface area is 148 Å². The Morgan fingerprint density at radius 2 is 1.88 bits per heavy atom. The second-order valence-corrected chi connectivity index (χ2v) is 5.10. The van der Waals surface area contributed by atoms with Gasteiger partial charge in [0.25, 0.3) is 5.91 Å². The number of amides is 1. The summed E-state index contributed by atoms with van der Waals surface area (Å²) < 4.78 is 34.1. The average molecular weight is 360 g/mol. The molecular weight excluding hydrogens is 346 g/mol. The van der Waals surface area contributed by atoms with Gasteiger partial charge in [-0.05, 0) is 37.3 Å². The van der Waals surface area contributed by atoms with E-state index in [4.69, 9.17) is 10.00 Å². The van der Waals surface area contributed by atoms with Crippen LogP contribution in [0.2, 0.25) is 0 Å². The third kappa shape index (κ3) is 5.01. The number of anilines is 1. The van der Waals surface area contributed by atoms with Gasteiger partial charge in [-0.2, -0.15) is 14.0 Å². The summed E-state index contributed by atoms with van der Waals surface area (Å²) in [6.07, 6.45) is -1.20. The molecule has 0 aliphatic heterocycles. The van der Waals surface area contributed by atoms with Gasteiger partial charge in [0.1, 0.15) is 5.75 Å². The molecule has 0 heterocycles. The lowest BCUT2D eigenvalue weighted by Crippen LogP contribution is -2.30. The van der Waals surface area contributed by atoms with Crippen LogP contribution in [0.4, 0.5) is 14.5 Å². The lowest BCUT2D eigenvalue weighted by molar-refractivity contribution is -0.123. The topological polar surface area (TPSA) is 88.4 Å². The van der Waals surface area contributed by atoms with E-state index in [0.29, 0.717) is 0 Å². The van der Waals surface area contributed by atoms with Crippen LogP contribution in [0.1, 0.15) is 22.8 Å². The minimum Gasteiger partial charge on any atom is -0.449 e. The molecule has 0 radical (unpaired) electrons. The van der Waals surface area contributed by atoms with Crippen LogP contribution in [0.25, 0.3) is 0 Å². The molecule has 0 bridgehead atoms. The molecule has 2 aromatic carbocycles. The SMILES string of the molecule is C[C@H](OC(=O)c1cccc(C#N)c1)C(=O)Nc1ccccc1OC(F)F. The first-order valence-electron chi connectivity index (χ1n) is 7.46. The van der Waals surface area contributed by atoms with Gasteiger partial charge in [-0.15, -0.1) is 0 Å². The molecule has 0 aliphatic rings. The van der Waals surface area contributed by atoms with Gasteiger partial charge in [0.05, 0.1) is 22.9 Å². The van der Waals surface area contributed by atoms with Crippen LogP contribution < -0.4 is 10.1 Å². The lowest BCUT2D eigenvalue weighted by atomic mass is 10.1. The number of halogens is 2. The van der Waals surface area contributed by atoms with Gasteiger partial charge < -0.3 is 14.8 Å². The quantitative estimate of drug-likeness (QED) is 0.798. The van der Waals surface area contributed by atoms with Crippen molar-refractivity contribution in [2.75, 3.05) is 5.32 Å². The average Bonchev–Trinajstić information content (AvgIpc) is 2.62. The molecule has 134 valence electrons. The van der Waals surface area contributed by atoms with Crippen molar-refractivity contribution in [1.82, 2.24) is 0 Å². The molecule has 0 saturated carbocycles. The zero-order valence-corrected chi connectivity index (χ0v) is 13.6. The summed E-state index contributed by atoms with van der Waals surface area (Å²) in [5.74, 6) is -1.72. The first-order chi connectivity index (χ1) is 12.4. The third-order valence-corrected chi connectivity index (χ3v) is 3.24. The van der Waals surface area contributed by atoms with Crippen LogP contribution in [-0.4, -0.2) is 24.6 Å². The molecule has 2 aromatic rings. The van der Waals surface area contributed by atoms with Crippen molar-refractivity contribution in [3.05, 3.63) is 59.7 Å². The number of alkyl halides is 2. The monoisotopic (exact) mass is 360 g/mol. The Morgan fingerprint density at radius 1 is 1.15 bits per heavy atom. The molecule has 0 spiro atoms. The zero-order chi connectivity index (χ0) is 19.1. The number of nitriles is 1. The van der Waals surface area contributed by atoms with E-state index in [1.54, 1.807) is 0 Å². The maximum absolute atomic E-state index is 12.4. The highest BCUT2D eigenvalue weighted by Gasteiger charge is 2.21. The Balaban J connectivity index is 2.04. The van der Waals surface area contributed by atoms with Gasteiger partial charge in [0, 0.05) is 0 Å². The number of benzene rings is 2. The normalized spacial score (nSPS) is 11.3. The van der Waals surface area contributed by atoms with Crippen LogP contribution in [-0.2, 0) is 9.53 Å². The van der Waals surface area contributed by atoms with E-state index in [0.717, 1.165) is 0 Å². The van der Waals surface area contributed by atoms with Crippen LogP contribution in [0.15, 0.2) is 48.5 Å². The Morgan fingerprint density at radius 3 is 2.58 bits per heavy atom. The van der Waals surface area contributed by atoms with Crippen molar-refractivity contribution in [3.63, 3.8) is 0 Å². The first-order valence-corrected chi connectivity index (χ1v) is 7.46. The molecule has 2 rings (SSSR count). The van der Waals surface area contributed by atoms with Crippen molar-refractivity contribution in [2.24, 2.45) is 0 Å². The number of nitrogens with one attached hydrogen (secondary N) is 1. The Bertz CT molecular complexity index is 849. The fourth-order valence-corrected chi connectivity index (χ4v) is 2.00. The fourth-order valence-electron chi connectivity index (χ4n) is 2.00. The highest BCUT2D eigenvalue weighted by Crippen LogP contribution is 2.25. The molecule has 8 heteroatoms. The van der Waals surface area contributed by atoms with Gasteiger partial charge in [0.2, 0.25) is 0 Å². The number of carbonyl (C=O) groups is 2. The van der Waals surface area contributed by atoms with E-state index in [1.807, 2.05) is 6.07 Å². The molecule has 0 aromatic heterocycles. The predicted molar refractivity (Wildman–Crippen MR) is 87.7 cm³/mol. The number of esters is 1. The number of carbonyl (C=O) groups excluding carboxylic acids is 2. The van der Waals surface area contributed by atoms with Gasteiger partial charge >= 0.3 is 12.6 Å². The Hall–Kier alpha value is -3.47. The zero-order valence-electron chi connectivity index (χ0n) is 13.6. The molecule has 1 N–H and O–H groups in total. The highest BCUT2D eigenvalue weighted by molar-refractivity contribution is 5.98. The lowest BCUT2D eigenvalue weighted by Gasteiger charge is -2.15. The molecule has 1 atom stereocenters. The van der Waals surface area contributed by atoms with Gasteiger partial charge in [-0.25, -0.2) is 4.79 Å². The summed E-state index contributed by atoms with van der Waals surface area (Å²) in [5, 5.41) is 11.2. The maximum atomic E-state index is 12.4. The van der Waals surface area contributed by atoms with Crippen LogP contribution in [0.3, 0.4) is 0 Å². The van der Waals surface area contributed by atoms with E-state index in [2.05, 4.69) is 10.1 Å². The van der Waals surface area contributed by atoms with Crippen molar-refractivity contribution in [3.8, 4) is 11.8 Å². The van der Waals surface area contributed by atoms with Crippen molar-refractivity contribution >= 4 is 17.6 Å². The van der Waals surface area contributed by atoms with Crippen LogP contribution in [0.5, 0.6) is 5.75 Å². The summed E-state index contributed by atoms with van der Waals surface area (Å²) in [6, 6.07) is 13.3. The fraction of sp³-hybridized carbons (Fsp3) is 0.167. The Kier molecular flexibility index (Phi) is 6.22. The predicted octanol–water partition coefficient (Wildman–Crippen LogP) is 3.34. The van der Waals surface area contributed by atoms with E-state index in [-0.39, 0.29) is 22.6 Å². The van der Waals surface area contributed by atoms with Gasteiger partial charge in [-0.3, -0.25) is 4.79 Å². The molecule has 0 saturated heterocycles. The highest BCUT2D eigenvalue weighted by atomic mass is 19.3. The number of ether oxygens (including phenoxy) is 2. The van der Waals surface area contributed by atoms with E-state index in [9.17, 15) is 18.4 Å². The summed E-state index contributed by atoms with van der Waals surface area (Å²) in [7, 11) is 0. The summed E-state index contributed by atoms with van der Waals surface area (Å²) in [4.78, 5) is 24.2. The number of para-hydroxylation sites is 2. The van der Waals surface area contributed by atoms with Gasteiger partial charge in [-0.1, -0.05) is 18.2 Å². The first kappa shape index (κ1) is 18.9. The van der Waals surface area contributed by atoms with E-state index >= 15 is 0 Å².